The maximum Gasteiger partial charge on any atom is 0.317 e. The van der Waals surface area contributed by atoms with Crippen LogP contribution in [-0.4, -0.2) is 28.6 Å². The first-order valence-corrected chi connectivity index (χ1v) is 5.03. The Balaban J connectivity index is 2.76. The van der Waals surface area contributed by atoms with Crippen molar-refractivity contribution in [1.29, 1.82) is 0 Å². The second-order valence-corrected chi connectivity index (χ2v) is 3.85. The van der Waals surface area contributed by atoms with Crippen LogP contribution in [0.2, 0.25) is 0 Å². The Morgan fingerprint density at radius 3 is 2.60 bits per heavy atom. The Kier molecular flexibility index (Phi) is 3.91. The quantitative estimate of drug-likeness (QED) is 0.810. The van der Waals surface area contributed by atoms with E-state index in [-0.39, 0.29) is 18.6 Å². The maximum atomic E-state index is 10.7. The van der Waals surface area contributed by atoms with Gasteiger partial charge in [-0.25, -0.2) is 0 Å². The molecule has 0 saturated carbocycles. The topological polar surface area (TPSA) is 53.7 Å². The molecule has 0 amide bonds. The van der Waals surface area contributed by atoms with Gasteiger partial charge in [-0.1, -0.05) is 0 Å². The minimum absolute atomic E-state index is 0.0175. The van der Waals surface area contributed by atoms with Crippen molar-refractivity contribution in [3.05, 3.63) is 24.2 Å². The molecule has 0 aliphatic rings. The van der Waals surface area contributed by atoms with Gasteiger partial charge in [-0.2, -0.15) is 0 Å². The third-order valence-corrected chi connectivity index (χ3v) is 2.43. The van der Waals surface area contributed by atoms with E-state index in [1.54, 1.807) is 6.26 Å². The molecule has 0 saturated heterocycles. The molecule has 84 valence electrons. The standard InChI is InChI=1S/C11H17NO3/c1-8(2)12(7-11(13)14)9(3)10-5-4-6-15-10/h4-6,8-9H,7H2,1-3H3,(H,13,14). The van der Waals surface area contributed by atoms with Gasteiger partial charge in [-0.05, 0) is 32.9 Å². The van der Waals surface area contributed by atoms with Gasteiger partial charge in [0, 0.05) is 6.04 Å². The van der Waals surface area contributed by atoms with Crippen molar-refractivity contribution in [2.45, 2.75) is 32.9 Å². The normalized spacial score (nSPS) is 13.4. The molecule has 1 aromatic heterocycles. The van der Waals surface area contributed by atoms with Gasteiger partial charge in [0.1, 0.15) is 5.76 Å². The lowest BCUT2D eigenvalue weighted by atomic mass is 10.1. The van der Waals surface area contributed by atoms with Crippen molar-refractivity contribution in [2.75, 3.05) is 6.54 Å². The van der Waals surface area contributed by atoms with E-state index in [9.17, 15) is 4.79 Å². The molecule has 1 atom stereocenters. The van der Waals surface area contributed by atoms with Crippen LogP contribution in [0.4, 0.5) is 0 Å². The van der Waals surface area contributed by atoms with Gasteiger partial charge in [0.25, 0.3) is 0 Å². The molecule has 4 heteroatoms. The van der Waals surface area contributed by atoms with E-state index in [4.69, 9.17) is 9.52 Å². The van der Waals surface area contributed by atoms with E-state index in [2.05, 4.69) is 0 Å². The number of nitrogens with zero attached hydrogens (tertiary/aromatic N) is 1. The molecule has 0 aliphatic carbocycles. The first-order chi connectivity index (χ1) is 7.02. The van der Waals surface area contributed by atoms with E-state index in [0.717, 1.165) is 5.76 Å². The highest BCUT2D eigenvalue weighted by molar-refractivity contribution is 5.69. The Labute approximate surface area is 89.5 Å². The summed E-state index contributed by atoms with van der Waals surface area (Å²) in [4.78, 5) is 12.6. The lowest BCUT2D eigenvalue weighted by molar-refractivity contribution is -0.139. The van der Waals surface area contributed by atoms with Crippen molar-refractivity contribution in [3.8, 4) is 0 Å². The Morgan fingerprint density at radius 1 is 1.53 bits per heavy atom. The fourth-order valence-corrected chi connectivity index (χ4v) is 1.62. The van der Waals surface area contributed by atoms with Crippen molar-refractivity contribution < 1.29 is 14.3 Å². The van der Waals surface area contributed by atoms with Gasteiger partial charge in [0.05, 0.1) is 18.8 Å². The van der Waals surface area contributed by atoms with Crippen molar-refractivity contribution in [2.24, 2.45) is 0 Å². The summed E-state index contributed by atoms with van der Waals surface area (Å²) in [5.41, 5.74) is 0. The average Bonchev–Trinajstić information content (AvgIpc) is 2.65. The second kappa shape index (κ2) is 4.98. The van der Waals surface area contributed by atoms with Crippen LogP contribution in [0.3, 0.4) is 0 Å². The molecule has 1 aromatic rings. The van der Waals surface area contributed by atoms with Gasteiger partial charge < -0.3 is 9.52 Å². The van der Waals surface area contributed by atoms with Crippen LogP contribution in [0.25, 0.3) is 0 Å². The van der Waals surface area contributed by atoms with E-state index in [1.807, 2.05) is 37.8 Å². The van der Waals surface area contributed by atoms with E-state index < -0.39 is 5.97 Å². The zero-order chi connectivity index (χ0) is 11.4. The highest BCUT2D eigenvalue weighted by Crippen LogP contribution is 2.22. The molecule has 0 aliphatic heterocycles. The lowest BCUT2D eigenvalue weighted by Crippen LogP contribution is -2.37. The minimum atomic E-state index is -0.817. The number of hydrogen-bond donors (Lipinski definition) is 1. The summed E-state index contributed by atoms with van der Waals surface area (Å²) >= 11 is 0. The number of hydrogen-bond acceptors (Lipinski definition) is 3. The summed E-state index contributed by atoms with van der Waals surface area (Å²) in [6.07, 6.45) is 1.60. The Hall–Kier alpha value is -1.29. The van der Waals surface area contributed by atoms with E-state index >= 15 is 0 Å². The number of furan rings is 1. The molecule has 0 fully saturated rings. The van der Waals surface area contributed by atoms with Gasteiger partial charge >= 0.3 is 5.97 Å². The summed E-state index contributed by atoms with van der Waals surface area (Å²) in [5, 5.41) is 8.81. The molecule has 1 rings (SSSR count). The van der Waals surface area contributed by atoms with Gasteiger partial charge in [-0.15, -0.1) is 0 Å². The highest BCUT2D eigenvalue weighted by atomic mass is 16.4. The molecule has 1 unspecified atom stereocenters. The van der Waals surface area contributed by atoms with Crippen LogP contribution in [-0.2, 0) is 4.79 Å². The molecule has 0 spiro atoms. The lowest BCUT2D eigenvalue weighted by Gasteiger charge is -2.29. The first-order valence-electron chi connectivity index (χ1n) is 5.03. The molecule has 4 nitrogen and oxygen atoms in total. The fraction of sp³-hybridized carbons (Fsp3) is 0.545. The zero-order valence-corrected chi connectivity index (χ0v) is 9.30. The van der Waals surface area contributed by atoms with Crippen LogP contribution >= 0.6 is 0 Å². The smallest absolute Gasteiger partial charge is 0.317 e. The van der Waals surface area contributed by atoms with Crippen molar-refractivity contribution >= 4 is 5.97 Å². The van der Waals surface area contributed by atoms with E-state index in [1.165, 1.54) is 0 Å². The summed E-state index contributed by atoms with van der Waals surface area (Å²) in [6, 6.07) is 3.82. The van der Waals surface area contributed by atoms with Crippen LogP contribution in [0.5, 0.6) is 0 Å². The van der Waals surface area contributed by atoms with Crippen LogP contribution < -0.4 is 0 Å². The second-order valence-electron chi connectivity index (χ2n) is 3.85. The largest absolute Gasteiger partial charge is 0.480 e. The molecule has 0 radical (unpaired) electrons. The zero-order valence-electron chi connectivity index (χ0n) is 9.30. The Bertz CT molecular complexity index is 306. The number of carbonyl (C=O) groups is 1. The highest BCUT2D eigenvalue weighted by Gasteiger charge is 2.22. The average molecular weight is 211 g/mol. The molecule has 1 N–H and O–H groups in total. The summed E-state index contributed by atoms with van der Waals surface area (Å²) in [7, 11) is 0. The molecular formula is C11H17NO3. The van der Waals surface area contributed by atoms with Crippen LogP contribution in [0, 0.1) is 0 Å². The fourth-order valence-electron chi connectivity index (χ4n) is 1.62. The predicted molar refractivity (Wildman–Crippen MR) is 56.6 cm³/mol. The Morgan fingerprint density at radius 2 is 2.20 bits per heavy atom. The van der Waals surface area contributed by atoms with E-state index in [0.29, 0.717) is 0 Å². The van der Waals surface area contributed by atoms with Gasteiger partial charge in [0.2, 0.25) is 0 Å². The summed E-state index contributed by atoms with van der Waals surface area (Å²) < 4.78 is 5.27. The summed E-state index contributed by atoms with van der Waals surface area (Å²) in [6.45, 7) is 5.92. The number of carboxylic acids is 1. The maximum absolute atomic E-state index is 10.7. The molecular weight excluding hydrogens is 194 g/mol. The van der Waals surface area contributed by atoms with Crippen molar-refractivity contribution in [3.63, 3.8) is 0 Å². The first kappa shape index (κ1) is 11.8. The minimum Gasteiger partial charge on any atom is -0.480 e. The molecule has 0 aromatic carbocycles. The monoisotopic (exact) mass is 211 g/mol. The summed E-state index contributed by atoms with van der Waals surface area (Å²) in [5.74, 6) is -0.0212. The molecule has 15 heavy (non-hydrogen) atoms. The number of aliphatic carboxylic acids is 1. The van der Waals surface area contributed by atoms with Gasteiger partial charge in [-0.3, -0.25) is 9.69 Å². The predicted octanol–water partition coefficient (Wildman–Crippen LogP) is 2.14. The van der Waals surface area contributed by atoms with Crippen molar-refractivity contribution in [1.82, 2.24) is 4.90 Å². The third kappa shape index (κ3) is 3.09. The van der Waals surface area contributed by atoms with Crippen LogP contribution in [0.15, 0.2) is 22.8 Å². The number of rotatable bonds is 5. The van der Waals surface area contributed by atoms with Crippen LogP contribution in [0.1, 0.15) is 32.6 Å². The SMILES string of the molecule is CC(C)N(CC(=O)O)C(C)c1ccco1. The molecule has 0 bridgehead atoms. The number of carboxylic acid groups (broad SMARTS) is 1. The third-order valence-electron chi connectivity index (χ3n) is 2.43. The van der Waals surface area contributed by atoms with Gasteiger partial charge in [0.15, 0.2) is 0 Å². The molecule has 1 heterocycles.